The predicted octanol–water partition coefficient (Wildman–Crippen LogP) is 3.48. The zero-order chi connectivity index (χ0) is 31.7. The highest BCUT2D eigenvalue weighted by Gasteiger charge is 2.63. The third kappa shape index (κ3) is 6.83. The Morgan fingerprint density at radius 1 is 1.23 bits per heavy atom. The van der Waals surface area contributed by atoms with Gasteiger partial charge in [-0.3, -0.25) is 13.9 Å². The maximum atomic E-state index is 15.4. The zero-order valence-corrected chi connectivity index (χ0v) is 23.9. The largest absolute Gasteiger partial charge is 0.462 e. The zero-order valence-electron chi connectivity index (χ0n) is 23.0. The first-order valence-electron chi connectivity index (χ1n) is 12.9. The van der Waals surface area contributed by atoms with Gasteiger partial charge in [0.15, 0.2) is 29.6 Å². The van der Waals surface area contributed by atoms with Crippen LogP contribution in [0.2, 0.25) is 0 Å². The molecule has 2 heterocycles. The van der Waals surface area contributed by atoms with Crippen molar-refractivity contribution in [2.75, 3.05) is 12.3 Å². The summed E-state index contributed by atoms with van der Waals surface area (Å²) < 4.78 is 93.6. The molecule has 1 saturated heterocycles. The lowest BCUT2D eigenvalue weighted by Gasteiger charge is -2.31. The molecule has 0 amide bonds. The number of esters is 1. The van der Waals surface area contributed by atoms with E-state index >= 15 is 4.39 Å². The SMILES string of the molecule is CC(C)OC(=O)[C@H](C)NP(=O)(OC[C@@]1(C(F)F)O[C@@H](n2cc(F)c(N)nc2=O)[C@H](O)[C@H]1F)Oc1ccc2ccccc2c1. The number of nitrogen functional groups attached to an aromatic ring is 1. The molecule has 234 valence electrons. The minimum atomic E-state index is -4.84. The van der Waals surface area contributed by atoms with Gasteiger partial charge in [-0.15, -0.1) is 0 Å². The molecule has 4 rings (SSSR count). The van der Waals surface area contributed by atoms with Gasteiger partial charge in [-0.2, -0.15) is 10.1 Å². The summed E-state index contributed by atoms with van der Waals surface area (Å²) in [5, 5.41) is 14.2. The molecule has 1 fully saturated rings. The van der Waals surface area contributed by atoms with Crippen LogP contribution in [-0.4, -0.2) is 63.7 Å². The smallest absolute Gasteiger partial charge is 0.459 e. The number of nitrogens with zero attached hydrogens (tertiary/aromatic N) is 2. The predicted molar refractivity (Wildman–Crippen MR) is 145 cm³/mol. The Morgan fingerprint density at radius 2 is 1.91 bits per heavy atom. The van der Waals surface area contributed by atoms with Gasteiger partial charge in [0.1, 0.15) is 17.9 Å². The van der Waals surface area contributed by atoms with E-state index in [1.807, 2.05) is 0 Å². The van der Waals surface area contributed by atoms with Crippen LogP contribution in [0.15, 0.2) is 53.5 Å². The number of nitrogens with two attached hydrogens (primary N) is 1. The number of aliphatic hydroxyl groups excluding tert-OH is 1. The van der Waals surface area contributed by atoms with Crippen molar-refractivity contribution in [1.29, 1.82) is 0 Å². The number of hydrogen-bond donors (Lipinski definition) is 3. The highest BCUT2D eigenvalue weighted by atomic mass is 31.2. The van der Waals surface area contributed by atoms with E-state index < -0.39 is 80.3 Å². The van der Waals surface area contributed by atoms with Crippen molar-refractivity contribution < 1.29 is 50.5 Å². The van der Waals surface area contributed by atoms with E-state index in [1.165, 1.54) is 19.1 Å². The van der Waals surface area contributed by atoms with Gasteiger partial charge in [0, 0.05) is 0 Å². The van der Waals surface area contributed by atoms with Crippen LogP contribution in [-0.2, 0) is 23.4 Å². The van der Waals surface area contributed by atoms with Crippen molar-refractivity contribution in [2.45, 2.75) is 63.4 Å². The molecule has 12 nitrogen and oxygen atoms in total. The second-order valence-corrected chi connectivity index (χ2v) is 11.7. The van der Waals surface area contributed by atoms with Gasteiger partial charge in [0.2, 0.25) is 0 Å². The molecule has 2 aromatic carbocycles. The van der Waals surface area contributed by atoms with E-state index in [-0.39, 0.29) is 10.3 Å². The van der Waals surface area contributed by atoms with Crippen LogP contribution in [0.4, 0.5) is 23.4 Å². The van der Waals surface area contributed by atoms with Crippen LogP contribution in [0.3, 0.4) is 0 Å². The van der Waals surface area contributed by atoms with Gasteiger partial charge >= 0.3 is 19.4 Å². The molecule has 0 saturated carbocycles. The second-order valence-electron chi connectivity index (χ2n) is 10.0. The first kappa shape index (κ1) is 32.4. The van der Waals surface area contributed by atoms with Crippen LogP contribution in [0.5, 0.6) is 5.75 Å². The van der Waals surface area contributed by atoms with Gasteiger partial charge in [0.25, 0.3) is 6.43 Å². The average molecular weight is 633 g/mol. The lowest BCUT2D eigenvalue weighted by atomic mass is 9.98. The van der Waals surface area contributed by atoms with E-state index in [2.05, 4.69) is 10.1 Å². The summed E-state index contributed by atoms with van der Waals surface area (Å²) in [5.74, 6) is -3.05. The summed E-state index contributed by atoms with van der Waals surface area (Å²) in [6.45, 7) is 2.84. The van der Waals surface area contributed by atoms with E-state index in [0.29, 0.717) is 11.6 Å². The summed E-state index contributed by atoms with van der Waals surface area (Å²) in [5.41, 5.74) is 0.559. The number of halogens is 4. The summed E-state index contributed by atoms with van der Waals surface area (Å²) in [6, 6.07) is 10.1. The third-order valence-electron chi connectivity index (χ3n) is 6.44. The van der Waals surface area contributed by atoms with Gasteiger partial charge in [-0.1, -0.05) is 30.3 Å². The van der Waals surface area contributed by atoms with Gasteiger partial charge < -0.3 is 24.8 Å². The summed E-state index contributed by atoms with van der Waals surface area (Å²) in [6.07, 6.45) is -11.5. The summed E-state index contributed by atoms with van der Waals surface area (Å²) >= 11 is 0. The average Bonchev–Trinajstić information content (AvgIpc) is 3.19. The Bertz CT molecular complexity index is 1590. The number of hydrogen-bond acceptors (Lipinski definition) is 10. The van der Waals surface area contributed by atoms with Gasteiger partial charge in [-0.25, -0.2) is 26.9 Å². The fourth-order valence-corrected chi connectivity index (χ4v) is 5.79. The molecule has 43 heavy (non-hydrogen) atoms. The molecule has 0 spiro atoms. The molecular formula is C26H29F4N4O8P. The lowest BCUT2D eigenvalue weighted by Crippen LogP contribution is -2.51. The van der Waals surface area contributed by atoms with Crippen LogP contribution in [0.25, 0.3) is 10.8 Å². The Morgan fingerprint density at radius 3 is 2.56 bits per heavy atom. The fraction of sp³-hybridized carbons (Fsp3) is 0.423. The van der Waals surface area contributed by atoms with Crippen LogP contribution < -0.4 is 21.0 Å². The Kier molecular flexibility index (Phi) is 9.47. The summed E-state index contributed by atoms with van der Waals surface area (Å²) in [4.78, 5) is 27.8. The number of rotatable bonds is 11. The summed E-state index contributed by atoms with van der Waals surface area (Å²) in [7, 11) is -4.84. The van der Waals surface area contributed by atoms with E-state index in [9.17, 15) is 32.4 Å². The number of alkyl halides is 3. The van der Waals surface area contributed by atoms with Gasteiger partial charge in [-0.05, 0) is 43.7 Å². The van der Waals surface area contributed by atoms with Crippen molar-refractivity contribution in [3.05, 3.63) is 65.0 Å². The number of carbonyl (C=O) groups is 1. The van der Waals surface area contributed by atoms with Crippen LogP contribution >= 0.6 is 7.75 Å². The number of benzene rings is 2. The van der Waals surface area contributed by atoms with E-state index in [1.54, 1.807) is 44.2 Å². The molecular weight excluding hydrogens is 603 g/mol. The third-order valence-corrected chi connectivity index (χ3v) is 8.06. The fourth-order valence-electron chi connectivity index (χ4n) is 4.27. The first-order valence-corrected chi connectivity index (χ1v) is 14.4. The Balaban J connectivity index is 1.66. The van der Waals surface area contributed by atoms with Crippen molar-refractivity contribution in [2.24, 2.45) is 0 Å². The number of fused-ring (bicyclic) bond motifs is 1. The maximum Gasteiger partial charge on any atom is 0.459 e. The van der Waals surface area contributed by atoms with Gasteiger partial charge in [0.05, 0.1) is 18.9 Å². The topological polar surface area (TPSA) is 164 Å². The lowest BCUT2D eigenvalue weighted by molar-refractivity contribution is -0.183. The highest BCUT2D eigenvalue weighted by Crippen LogP contribution is 2.50. The highest BCUT2D eigenvalue weighted by molar-refractivity contribution is 7.52. The molecule has 0 radical (unpaired) electrons. The van der Waals surface area contributed by atoms with E-state index in [0.717, 1.165) is 5.39 Å². The quantitative estimate of drug-likeness (QED) is 0.161. The van der Waals surface area contributed by atoms with Crippen molar-refractivity contribution in [3.63, 3.8) is 0 Å². The standard InChI is InChI=1S/C26H29F4N4O8P/c1-13(2)40-23(36)14(3)33-43(38,42-17-9-8-15-6-4-5-7-16(15)10-17)39-12-26(24(29)30)20(28)19(35)22(41-26)34-11-18(27)21(31)32-25(34)37/h4-11,13-14,19-20,22,24,35H,12H2,1-3H3,(H,33,38)(H2,31,32,37)/t14-,19+,20+,22+,26+,43?/m0/s1. The normalized spacial score (nSPS) is 24.3. The number of aromatic nitrogens is 2. The molecule has 1 aliphatic rings. The molecule has 0 aliphatic carbocycles. The van der Waals surface area contributed by atoms with E-state index in [4.69, 9.17) is 24.3 Å². The second kappa shape index (κ2) is 12.6. The van der Waals surface area contributed by atoms with Crippen molar-refractivity contribution in [3.8, 4) is 5.75 Å². The number of anilines is 1. The maximum absolute atomic E-state index is 15.4. The Hall–Kier alpha value is -3.56. The van der Waals surface area contributed by atoms with Crippen LogP contribution in [0.1, 0.15) is 27.0 Å². The number of ether oxygens (including phenoxy) is 2. The number of nitrogens with one attached hydrogen (secondary N) is 1. The molecule has 6 atom stereocenters. The molecule has 1 aliphatic heterocycles. The minimum Gasteiger partial charge on any atom is -0.462 e. The number of aliphatic hydroxyl groups is 1. The molecule has 17 heteroatoms. The monoisotopic (exact) mass is 632 g/mol. The molecule has 1 unspecified atom stereocenters. The van der Waals surface area contributed by atoms with Crippen LogP contribution in [0, 0.1) is 5.82 Å². The Labute approximate surface area is 242 Å². The van der Waals surface area contributed by atoms with Crippen molar-refractivity contribution in [1.82, 2.24) is 14.6 Å². The van der Waals surface area contributed by atoms with Crippen molar-refractivity contribution >= 4 is 30.3 Å². The molecule has 4 N–H and O–H groups in total. The number of carbonyl (C=O) groups excluding carboxylic acids is 1. The first-order chi connectivity index (χ1) is 20.2. The molecule has 1 aromatic heterocycles. The molecule has 0 bridgehead atoms. The molecule has 3 aromatic rings. The minimum absolute atomic E-state index is 0.0675.